The normalized spacial score (nSPS) is 23.3. The summed E-state index contributed by atoms with van der Waals surface area (Å²) in [4.78, 5) is 27.8. The first kappa shape index (κ1) is 14.7. The quantitative estimate of drug-likeness (QED) is 0.835. The molecule has 1 aromatic heterocycles. The Hall–Kier alpha value is -1.69. The maximum atomic E-state index is 12.3. The van der Waals surface area contributed by atoms with Crippen molar-refractivity contribution in [2.75, 3.05) is 0 Å². The van der Waals surface area contributed by atoms with Gasteiger partial charge in [-0.15, -0.1) is 11.3 Å². The number of nitrogens with one attached hydrogen (secondary N) is 1. The molecule has 0 spiro atoms. The first-order valence-electron chi connectivity index (χ1n) is 6.59. The zero-order chi connectivity index (χ0) is 14.7. The number of thiazole rings is 1. The van der Waals surface area contributed by atoms with E-state index in [1.54, 1.807) is 0 Å². The molecular formula is C14H18N2O3S. The molecule has 0 fully saturated rings. The number of allylic oxidation sites excluding steroid dienone is 2. The Morgan fingerprint density at radius 3 is 2.60 bits per heavy atom. The van der Waals surface area contributed by atoms with Crippen LogP contribution in [0.3, 0.4) is 0 Å². The molecule has 3 atom stereocenters. The molecule has 0 saturated heterocycles. The summed E-state index contributed by atoms with van der Waals surface area (Å²) in [5.41, 5.74) is 0.926. The van der Waals surface area contributed by atoms with Crippen LogP contribution in [0.15, 0.2) is 17.5 Å². The topological polar surface area (TPSA) is 79.3 Å². The van der Waals surface area contributed by atoms with Gasteiger partial charge in [0.05, 0.1) is 17.9 Å². The summed E-state index contributed by atoms with van der Waals surface area (Å²) in [6.45, 7) is 3.77. The Bertz CT molecular complexity index is 538. The second-order valence-corrected chi connectivity index (χ2v) is 5.94. The van der Waals surface area contributed by atoms with Gasteiger partial charge in [-0.3, -0.25) is 9.59 Å². The number of aliphatic carboxylic acids is 1. The van der Waals surface area contributed by atoms with Crippen molar-refractivity contribution in [2.45, 2.75) is 32.7 Å². The minimum Gasteiger partial charge on any atom is -0.481 e. The van der Waals surface area contributed by atoms with E-state index in [1.165, 1.54) is 11.3 Å². The fourth-order valence-electron chi connectivity index (χ4n) is 2.33. The van der Waals surface area contributed by atoms with E-state index < -0.39 is 17.8 Å². The second-order valence-electron chi connectivity index (χ2n) is 5.05. The SMILES string of the molecule is Cc1csc(C(C)NC(=O)[C@@H]2CC=CC[C@@H]2C(=O)O)n1. The molecule has 1 unspecified atom stereocenters. The average molecular weight is 294 g/mol. The number of carboxylic acid groups (broad SMARTS) is 1. The molecule has 0 radical (unpaired) electrons. The molecule has 20 heavy (non-hydrogen) atoms. The molecule has 1 aromatic rings. The van der Waals surface area contributed by atoms with Crippen LogP contribution in [0.2, 0.25) is 0 Å². The Labute approximate surface area is 121 Å². The monoisotopic (exact) mass is 294 g/mol. The standard InChI is InChI=1S/C14H18N2O3S/c1-8-7-20-13(15-8)9(2)16-12(17)10-5-3-4-6-11(10)14(18)19/h3-4,7,9-11H,5-6H2,1-2H3,(H,16,17)(H,18,19)/t9?,10-,11+/m1/s1. The Morgan fingerprint density at radius 1 is 1.40 bits per heavy atom. The highest BCUT2D eigenvalue weighted by Crippen LogP contribution is 2.27. The number of amides is 1. The van der Waals surface area contributed by atoms with Crippen molar-refractivity contribution in [2.24, 2.45) is 11.8 Å². The smallest absolute Gasteiger partial charge is 0.307 e. The number of carbonyl (C=O) groups excluding carboxylic acids is 1. The third-order valence-electron chi connectivity index (χ3n) is 3.45. The van der Waals surface area contributed by atoms with Crippen molar-refractivity contribution < 1.29 is 14.7 Å². The van der Waals surface area contributed by atoms with Crippen LogP contribution in [0.5, 0.6) is 0 Å². The van der Waals surface area contributed by atoms with Crippen LogP contribution in [0.1, 0.15) is 36.5 Å². The van der Waals surface area contributed by atoms with Crippen LogP contribution >= 0.6 is 11.3 Å². The van der Waals surface area contributed by atoms with Crippen molar-refractivity contribution in [1.29, 1.82) is 0 Å². The predicted octanol–water partition coefficient (Wildman–Crippen LogP) is 2.30. The molecular weight excluding hydrogens is 276 g/mol. The molecule has 0 bridgehead atoms. The Morgan fingerprint density at radius 2 is 2.05 bits per heavy atom. The van der Waals surface area contributed by atoms with E-state index in [1.807, 2.05) is 31.4 Å². The number of aryl methyl sites for hydroxylation is 1. The molecule has 0 saturated carbocycles. The number of rotatable bonds is 4. The van der Waals surface area contributed by atoms with Crippen molar-refractivity contribution in [3.63, 3.8) is 0 Å². The van der Waals surface area contributed by atoms with E-state index in [9.17, 15) is 14.7 Å². The Kier molecular flexibility index (Phi) is 4.54. The molecule has 2 rings (SSSR count). The maximum Gasteiger partial charge on any atom is 0.307 e. The van der Waals surface area contributed by atoms with E-state index in [0.29, 0.717) is 12.8 Å². The van der Waals surface area contributed by atoms with Gasteiger partial charge in [-0.1, -0.05) is 12.2 Å². The van der Waals surface area contributed by atoms with Gasteiger partial charge in [0, 0.05) is 11.1 Å². The molecule has 0 aromatic carbocycles. The van der Waals surface area contributed by atoms with Crippen LogP contribution in [-0.2, 0) is 9.59 Å². The van der Waals surface area contributed by atoms with E-state index in [0.717, 1.165) is 10.7 Å². The molecule has 6 heteroatoms. The third-order valence-corrected chi connectivity index (χ3v) is 4.60. The van der Waals surface area contributed by atoms with Crippen molar-refractivity contribution in [3.8, 4) is 0 Å². The summed E-state index contributed by atoms with van der Waals surface area (Å²) < 4.78 is 0. The zero-order valence-corrected chi connectivity index (χ0v) is 12.3. The van der Waals surface area contributed by atoms with Gasteiger partial charge < -0.3 is 10.4 Å². The van der Waals surface area contributed by atoms with Gasteiger partial charge in [-0.2, -0.15) is 0 Å². The zero-order valence-electron chi connectivity index (χ0n) is 11.5. The highest BCUT2D eigenvalue weighted by atomic mass is 32.1. The van der Waals surface area contributed by atoms with Gasteiger partial charge in [0.2, 0.25) is 5.91 Å². The molecule has 1 aliphatic rings. The molecule has 108 valence electrons. The van der Waals surface area contributed by atoms with Gasteiger partial charge in [-0.05, 0) is 26.7 Å². The fourth-order valence-corrected chi connectivity index (χ4v) is 3.13. The van der Waals surface area contributed by atoms with Gasteiger partial charge >= 0.3 is 5.97 Å². The highest BCUT2D eigenvalue weighted by molar-refractivity contribution is 7.09. The number of carboxylic acids is 1. The number of carbonyl (C=O) groups is 2. The first-order valence-corrected chi connectivity index (χ1v) is 7.47. The first-order chi connectivity index (χ1) is 9.49. The third kappa shape index (κ3) is 3.25. The number of aromatic nitrogens is 1. The minimum atomic E-state index is -0.910. The molecule has 0 aliphatic heterocycles. The lowest BCUT2D eigenvalue weighted by molar-refractivity contribution is -0.147. The van der Waals surface area contributed by atoms with Crippen LogP contribution < -0.4 is 5.32 Å². The molecule has 1 heterocycles. The summed E-state index contributed by atoms with van der Waals surface area (Å²) in [6.07, 6.45) is 4.60. The van der Waals surface area contributed by atoms with Crippen molar-refractivity contribution in [1.82, 2.24) is 10.3 Å². The lowest BCUT2D eigenvalue weighted by Crippen LogP contribution is -2.39. The van der Waals surface area contributed by atoms with Gasteiger partial charge in [0.25, 0.3) is 0 Å². The summed E-state index contributed by atoms with van der Waals surface area (Å²) >= 11 is 1.50. The summed E-state index contributed by atoms with van der Waals surface area (Å²) in [5, 5.41) is 14.8. The summed E-state index contributed by atoms with van der Waals surface area (Å²) in [6, 6.07) is -0.193. The highest BCUT2D eigenvalue weighted by Gasteiger charge is 2.34. The average Bonchev–Trinajstić information content (AvgIpc) is 2.85. The number of hydrogen-bond acceptors (Lipinski definition) is 4. The predicted molar refractivity (Wildman–Crippen MR) is 76.4 cm³/mol. The molecule has 1 amide bonds. The lowest BCUT2D eigenvalue weighted by atomic mass is 9.82. The van der Waals surface area contributed by atoms with Gasteiger partial charge in [0.1, 0.15) is 5.01 Å². The molecule has 5 nitrogen and oxygen atoms in total. The van der Waals surface area contributed by atoms with Crippen molar-refractivity contribution in [3.05, 3.63) is 28.2 Å². The summed E-state index contributed by atoms with van der Waals surface area (Å²) in [5.74, 6) is -2.25. The van der Waals surface area contributed by atoms with Crippen LogP contribution in [-0.4, -0.2) is 22.0 Å². The molecule has 1 aliphatic carbocycles. The van der Waals surface area contributed by atoms with E-state index in [-0.39, 0.29) is 11.9 Å². The van der Waals surface area contributed by atoms with Gasteiger partial charge in [0.15, 0.2) is 0 Å². The van der Waals surface area contributed by atoms with Gasteiger partial charge in [-0.25, -0.2) is 4.98 Å². The van der Waals surface area contributed by atoms with E-state index in [4.69, 9.17) is 0 Å². The number of nitrogens with zero attached hydrogens (tertiary/aromatic N) is 1. The van der Waals surface area contributed by atoms with Crippen molar-refractivity contribution >= 4 is 23.2 Å². The van der Waals surface area contributed by atoms with Crippen LogP contribution in [0, 0.1) is 18.8 Å². The fraction of sp³-hybridized carbons (Fsp3) is 0.500. The van der Waals surface area contributed by atoms with E-state index in [2.05, 4.69) is 10.3 Å². The maximum absolute atomic E-state index is 12.3. The minimum absolute atomic E-state index is 0.193. The van der Waals surface area contributed by atoms with Crippen LogP contribution in [0.4, 0.5) is 0 Å². The largest absolute Gasteiger partial charge is 0.481 e. The summed E-state index contributed by atoms with van der Waals surface area (Å²) in [7, 11) is 0. The lowest BCUT2D eigenvalue weighted by Gasteiger charge is -2.25. The Balaban J connectivity index is 2.03. The molecule has 2 N–H and O–H groups in total. The number of hydrogen-bond donors (Lipinski definition) is 2. The van der Waals surface area contributed by atoms with E-state index >= 15 is 0 Å². The van der Waals surface area contributed by atoms with Crippen LogP contribution in [0.25, 0.3) is 0 Å². The second kappa shape index (κ2) is 6.17.